The van der Waals surface area contributed by atoms with Gasteiger partial charge >= 0.3 is 0 Å². The van der Waals surface area contributed by atoms with Gasteiger partial charge in [0.05, 0.1) is 12.8 Å². The molecule has 3 N–H and O–H groups in total. The van der Waals surface area contributed by atoms with Gasteiger partial charge in [-0.25, -0.2) is 4.98 Å². The molecule has 3 amide bonds. The van der Waals surface area contributed by atoms with Crippen LogP contribution in [-0.4, -0.2) is 38.8 Å². The molecule has 0 saturated heterocycles. The highest BCUT2D eigenvalue weighted by molar-refractivity contribution is 5.91. The molecule has 0 radical (unpaired) electrons. The van der Waals surface area contributed by atoms with Gasteiger partial charge < -0.3 is 25.1 Å². The summed E-state index contributed by atoms with van der Waals surface area (Å²) < 4.78 is 5.50. The second-order valence-electron chi connectivity index (χ2n) is 9.20. The first-order valence-electron chi connectivity index (χ1n) is 12.6. The minimum atomic E-state index is -0.916. The molecule has 0 aliphatic heterocycles. The molecule has 1 aliphatic rings. The summed E-state index contributed by atoms with van der Waals surface area (Å²) in [7, 11) is 0. The average molecular weight is 505 g/mol. The zero-order chi connectivity index (χ0) is 26.0. The lowest BCUT2D eigenvalue weighted by molar-refractivity contribution is -0.142. The van der Waals surface area contributed by atoms with E-state index in [4.69, 9.17) is 4.42 Å². The van der Waals surface area contributed by atoms with E-state index in [1.807, 2.05) is 0 Å². The third kappa shape index (κ3) is 7.42. The fourth-order valence-electron chi connectivity index (χ4n) is 4.56. The quantitative estimate of drug-likeness (QED) is 0.357. The molecule has 2 heterocycles. The number of nitrogens with zero attached hydrogens (tertiary/aromatic N) is 2. The summed E-state index contributed by atoms with van der Waals surface area (Å²) in [6.07, 6.45) is 7.56. The van der Waals surface area contributed by atoms with Gasteiger partial charge in [-0.3, -0.25) is 14.4 Å². The van der Waals surface area contributed by atoms with Crippen LogP contribution in [0.4, 0.5) is 5.82 Å². The van der Waals surface area contributed by atoms with Crippen molar-refractivity contribution in [3.8, 4) is 5.75 Å². The summed E-state index contributed by atoms with van der Waals surface area (Å²) in [5, 5.41) is 15.6. The Morgan fingerprint density at radius 2 is 1.81 bits per heavy atom. The highest BCUT2D eigenvalue weighted by atomic mass is 16.3. The maximum Gasteiger partial charge on any atom is 0.247 e. The highest BCUT2D eigenvalue weighted by Crippen LogP contribution is 2.28. The Labute approximate surface area is 215 Å². The molecule has 1 atom stereocenters. The molecule has 1 saturated carbocycles. The second-order valence-corrected chi connectivity index (χ2v) is 9.20. The molecule has 0 spiro atoms. The van der Waals surface area contributed by atoms with Gasteiger partial charge in [-0.15, -0.1) is 0 Å². The Hall–Kier alpha value is -4.14. The van der Waals surface area contributed by atoms with Crippen LogP contribution >= 0.6 is 0 Å². The zero-order valence-electron chi connectivity index (χ0n) is 20.6. The van der Waals surface area contributed by atoms with E-state index < -0.39 is 6.04 Å². The molecule has 0 bridgehead atoms. The van der Waals surface area contributed by atoms with Crippen LogP contribution in [0.2, 0.25) is 0 Å². The van der Waals surface area contributed by atoms with Crippen LogP contribution in [0.15, 0.2) is 71.5 Å². The van der Waals surface area contributed by atoms with E-state index in [1.165, 1.54) is 23.3 Å². The van der Waals surface area contributed by atoms with Crippen molar-refractivity contribution in [3.63, 3.8) is 0 Å². The number of aromatic nitrogens is 1. The van der Waals surface area contributed by atoms with Crippen LogP contribution in [-0.2, 0) is 20.9 Å². The number of hydrogen-bond donors (Lipinski definition) is 3. The number of carbonyl (C=O) groups excluding carboxylic acids is 3. The van der Waals surface area contributed by atoms with Crippen LogP contribution in [0.1, 0.15) is 62.3 Å². The lowest BCUT2D eigenvalue weighted by atomic mass is 10.0. The van der Waals surface area contributed by atoms with Crippen molar-refractivity contribution in [3.05, 3.63) is 78.4 Å². The summed E-state index contributed by atoms with van der Waals surface area (Å²) in [6.45, 7) is 0.0929. The van der Waals surface area contributed by atoms with Gasteiger partial charge in [-0.2, -0.15) is 0 Å². The van der Waals surface area contributed by atoms with Crippen molar-refractivity contribution >= 4 is 23.5 Å². The van der Waals surface area contributed by atoms with Crippen molar-refractivity contribution in [1.29, 1.82) is 0 Å². The number of carbonyl (C=O) groups is 3. The van der Waals surface area contributed by atoms with Gasteiger partial charge in [-0.05, 0) is 61.2 Å². The average Bonchev–Trinajstić information content (AvgIpc) is 3.60. The van der Waals surface area contributed by atoms with E-state index in [2.05, 4.69) is 15.6 Å². The minimum absolute atomic E-state index is 0.0709. The number of phenolic OH excluding ortho intramolecular Hbond substituents is 1. The third-order valence-corrected chi connectivity index (χ3v) is 6.42. The van der Waals surface area contributed by atoms with Crippen molar-refractivity contribution in [2.45, 2.75) is 63.6 Å². The molecule has 3 aromatic rings. The number of furan rings is 1. The van der Waals surface area contributed by atoms with E-state index in [-0.39, 0.29) is 48.9 Å². The van der Waals surface area contributed by atoms with Crippen molar-refractivity contribution in [2.24, 2.45) is 0 Å². The van der Waals surface area contributed by atoms with Crippen molar-refractivity contribution < 1.29 is 23.9 Å². The Bertz CT molecular complexity index is 1160. The SMILES string of the molecule is O=C(CCCC(=O)N(Cc1ccco1)[C@@H](C(=O)NC1CCCC1)c1ccc(O)cc1)Nc1ccccn1. The lowest BCUT2D eigenvalue weighted by Crippen LogP contribution is -2.45. The number of rotatable bonds is 11. The molecule has 9 nitrogen and oxygen atoms in total. The molecule has 1 aromatic carbocycles. The third-order valence-electron chi connectivity index (χ3n) is 6.42. The second kappa shape index (κ2) is 12.7. The first kappa shape index (κ1) is 25.9. The molecular weight excluding hydrogens is 472 g/mol. The number of benzene rings is 1. The monoisotopic (exact) mass is 504 g/mol. The molecule has 9 heteroatoms. The standard InChI is InChI=1S/C28H32N4O5/c33-22-15-13-20(14-16-22)27(28(36)30-21-7-1-2-8-21)32(19-23-9-6-18-37-23)26(35)12-5-11-25(34)31-24-10-3-4-17-29-24/h3-4,6,9-10,13-18,21,27,33H,1-2,5,7-8,11-12,19H2,(H,30,36)(H,29,31,34)/t27-/m1/s1. The number of hydrogen-bond acceptors (Lipinski definition) is 6. The number of nitrogens with one attached hydrogen (secondary N) is 2. The molecule has 1 fully saturated rings. The van der Waals surface area contributed by atoms with Crippen LogP contribution in [0.5, 0.6) is 5.75 Å². The number of anilines is 1. The normalized spacial score (nSPS) is 14.2. The van der Waals surface area contributed by atoms with Gasteiger partial charge in [0.25, 0.3) is 0 Å². The minimum Gasteiger partial charge on any atom is -0.508 e. The fraction of sp³-hybridized carbons (Fsp3) is 0.357. The van der Waals surface area contributed by atoms with Gasteiger partial charge in [0, 0.05) is 25.1 Å². The topological polar surface area (TPSA) is 125 Å². The first-order valence-corrected chi connectivity index (χ1v) is 12.6. The van der Waals surface area contributed by atoms with Crippen molar-refractivity contribution in [1.82, 2.24) is 15.2 Å². The van der Waals surface area contributed by atoms with Crippen molar-refractivity contribution in [2.75, 3.05) is 5.32 Å². The molecule has 0 unspecified atom stereocenters. The zero-order valence-corrected chi connectivity index (χ0v) is 20.6. The predicted molar refractivity (Wildman–Crippen MR) is 137 cm³/mol. The summed E-state index contributed by atoms with van der Waals surface area (Å²) in [6, 6.07) is 14.2. The Kier molecular flexibility index (Phi) is 8.91. The Balaban J connectivity index is 1.50. The predicted octanol–water partition coefficient (Wildman–Crippen LogP) is 4.32. The summed E-state index contributed by atoms with van der Waals surface area (Å²) in [5.74, 6) is 0.277. The maximum absolute atomic E-state index is 13.6. The highest BCUT2D eigenvalue weighted by Gasteiger charge is 2.33. The molecule has 37 heavy (non-hydrogen) atoms. The van der Waals surface area contributed by atoms with Gasteiger partial charge in [0.15, 0.2) is 0 Å². The molecule has 4 rings (SSSR count). The van der Waals surface area contributed by atoms with E-state index in [9.17, 15) is 19.5 Å². The summed E-state index contributed by atoms with van der Waals surface area (Å²) >= 11 is 0. The number of aromatic hydroxyl groups is 1. The van der Waals surface area contributed by atoms with Gasteiger partial charge in [0.1, 0.15) is 23.4 Å². The fourth-order valence-corrected chi connectivity index (χ4v) is 4.56. The molecule has 194 valence electrons. The van der Waals surface area contributed by atoms with Gasteiger partial charge in [-0.1, -0.05) is 31.0 Å². The lowest BCUT2D eigenvalue weighted by Gasteiger charge is -2.32. The first-order chi connectivity index (χ1) is 18.0. The Morgan fingerprint density at radius 3 is 2.49 bits per heavy atom. The van der Waals surface area contributed by atoms with E-state index in [0.29, 0.717) is 23.6 Å². The molecular formula is C28H32N4O5. The number of pyridine rings is 1. The number of amides is 3. The largest absolute Gasteiger partial charge is 0.508 e. The maximum atomic E-state index is 13.6. The number of phenols is 1. The van der Waals surface area contributed by atoms with Crippen LogP contribution in [0.3, 0.4) is 0 Å². The van der Waals surface area contributed by atoms with E-state index >= 15 is 0 Å². The summed E-state index contributed by atoms with van der Waals surface area (Å²) in [4.78, 5) is 45.0. The van der Waals surface area contributed by atoms with Crippen LogP contribution in [0.25, 0.3) is 0 Å². The molecule has 1 aliphatic carbocycles. The van der Waals surface area contributed by atoms with Crippen LogP contribution in [0, 0.1) is 0 Å². The smallest absolute Gasteiger partial charge is 0.247 e. The molecule has 2 aromatic heterocycles. The Morgan fingerprint density at radius 1 is 1.03 bits per heavy atom. The van der Waals surface area contributed by atoms with Crippen LogP contribution < -0.4 is 10.6 Å². The summed E-state index contributed by atoms with van der Waals surface area (Å²) in [5.41, 5.74) is 0.584. The van der Waals surface area contributed by atoms with E-state index in [1.54, 1.807) is 48.7 Å². The van der Waals surface area contributed by atoms with E-state index in [0.717, 1.165) is 25.7 Å². The van der Waals surface area contributed by atoms with Gasteiger partial charge in [0.2, 0.25) is 17.7 Å².